The van der Waals surface area contributed by atoms with Gasteiger partial charge in [0.05, 0.1) is 12.2 Å². The Morgan fingerprint density at radius 2 is 1.63 bits per heavy atom. The van der Waals surface area contributed by atoms with Gasteiger partial charge in [0.2, 0.25) is 0 Å². The zero-order chi connectivity index (χ0) is 13.7. The van der Waals surface area contributed by atoms with Gasteiger partial charge < -0.3 is 10.1 Å². The van der Waals surface area contributed by atoms with Crippen LogP contribution < -0.4 is 5.32 Å². The maximum Gasteiger partial charge on any atom is 0.0678 e. The summed E-state index contributed by atoms with van der Waals surface area (Å²) in [5.74, 6) is 0. The molecule has 0 spiro atoms. The third kappa shape index (κ3) is 4.44. The minimum absolute atomic E-state index is 0.386. The van der Waals surface area contributed by atoms with E-state index in [-0.39, 0.29) is 0 Å². The molecule has 0 radical (unpaired) electrons. The van der Waals surface area contributed by atoms with Gasteiger partial charge in [0.15, 0.2) is 0 Å². The number of nitrogens with zero attached hydrogens (tertiary/aromatic N) is 1. The second-order valence-electron chi connectivity index (χ2n) is 6.43. The summed E-state index contributed by atoms with van der Waals surface area (Å²) in [7, 11) is 0. The minimum Gasteiger partial charge on any atom is -0.373 e. The normalized spacial score (nSPS) is 38.7. The first kappa shape index (κ1) is 15.3. The summed E-state index contributed by atoms with van der Waals surface area (Å²) in [6.07, 6.45) is 9.11. The van der Waals surface area contributed by atoms with Crippen LogP contribution >= 0.6 is 0 Å². The van der Waals surface area contributed by atoms with Crippen LogP contribution in [-0.4, -0.2) is 48.8 Å². The van der Waals surface area contributed by atoms with E-state index in [2.05, 4.69) is 31.0 Å². The molecule has 1 aliphatic carbocycles. The van der Waals surface area contributed by atoms with Gasteiger partial charge in [-0.15, -0.1) is 0 Å². The summed E-state index contributed by atoms with van der Waals surface area (Å²) >= 11 is 0. The van der Waals surface area contributed by atoms with Gasteiger partial charge in [-0.05, 0) is 33.2 Å². The van der Waals surface area contributed by atoms with Gasteiger partial charge in [-0.1, -0.05) is 32.6 Å². The number of hydrogen-bond donors (Lipinski definition) is 1. The van der Waals surface area contributed by atoms with E-state index in [0.29, 0.717) is 24.3 Å². The molecule has 1 heterocycles. The molecule has 4 atom stereocenters. The van der Waals surface area contributed by atoms with Crippen LogP contribution in [-0.2, 0) is 4.74 Å². The Morgan fingerprint density at radius 1 is 1.00 bits per heavy atom. The third-order valence-electron chi connectivity index (χ3n) is 4.61. The highest BCUT2D eigenvalue weighted by Gasteiger charge is 2.32. The molecular weight excluding hydrogens is 236 g/mol. The van der Waals surface area contributed by atoms with Crippen molar-refractivity contribution in [3.05, 3.63) is 0 Å². The molecule has 2 rings (SSSR count). The average Bonchev–Trinajstić information content (AvgIpc) is 2.31. The van der Waals surface area contributed by atoms with Crippen molar-refractivity contribution in [3.63, 3.8) is 0 Å². The standard InChI is InChI=1S/C16H32N2O/c1-4-17-15-9-7-5-6-8-10-16(15)18-11-13(2)19-14(3)12-18/h13-17H,4-12H2,1-3H3/t13-,14+,15?,16?. The van der Waals surface area contributed by atoms with Crippen molar-refractivity contribution in [2.45, 2.75) is 83.6 Å². The quantitative estimate of drug-likeness (QED) is 0.852. The topological polar surface area (TPSA) is 24.5 Å². The van der Waals surface area contributed by atoms with Crippen molar-refractivity contribution in [1.29, 1.82) is 0 Å². The summed E-state index contributed by atoms with van der Waals surface area (Å²) in [5, 5.41) is 3.75. The Morgan fingerprint density at radius 3 is 2.26 bits per heavy atom. The van der Waals surface area contributed by atoms with Gasteiger partial charge in [0, 0.05) is 25.2 Å². The van der Waals surface area contributed by atoms with Crippen LogP contribution in [0, 0.1) is 0 Å². The summed E-state index contributed by atoms with van der Waals surface area (Å²) in [6, 6.07) is 1.40. The fourth-order valence-electron chi connectivity index (χ4n) is 3.89. The molecule has 1 aliphatic heterocycles. The molecule has 3 nitrogen and oxygen atoms in total. The largest absolute Gasteiger partial charge is 0.373 e. The van der Waals surface area contributed by atoms with E-state index in [9.17, 15) is 0 Å². The third-order valence-corrected chi connectivity index (χ3v) is 4.61. The lowest BCUT2D eigenvalue weighted by atomic mass is 9.90. The van der Waals surface area contributed by atoms with E-state index >= 15 is 0 Å². The summed E-state index contributed by atoms with van der Waals surface area (Å²) < 4.78 is 5.90. The first-order chi connectivity index (χ1) is 9.20. The van der Waals surface area contributed by atoms with Crippen LogP contribution in [0.3, 0.4) is 0 Å². The smallest absolute Gasteiger partial charge is 0.0678 e. The molecule has 2 aliphatic rings. The lowest BCUT2D eigenvalue weighted by Crippen LogP contribution is -2.57. The lowest BCUT2D eigenvalue weighted by molar-refractivity contribution is -0.0862. The molecule has 1 N–H and O–H groups in total. The number of hydrogen-bond acceptors (Lipinski definition) is 3. The molecule has 3 heteroatoms. The van der Waals surface area contributed by atoms with Crippen molar-refractivity contribution < 1.29 is 4.74 Å². The van der Waals surface area contributed by atoms with Crippen molar-refractivity contribution in [3.8, 4) is 0 Å². The Hall–Kier alpha value is -0.120. The highest BCUT2D eigenvalue weighted by Crippen LogP contribution is 2.25. The first-order valence-electron chi connectivity index (χ1n) is 8.33. The predicted octanol–water partition coefficient (Wildman–Crippen LogP) is 2.80. The van der Waals surface area contributed by atoms with Crippen LogP contribution in [0.25, 0.3) is 0 Å². The van der Waals surface area contributed by atoms with Crippen molar-refractivity contribution in [1.82, 2.24) is 10.2 Å². The summed E-state index contributed by atoms with van der Waals surface area (Å²) in [5.41, 5.74) is 0. The van der Waals surface area contributed by atoms with Gasteiger partial charge >= 0.3 is 0 Å². The van der Waals surface area contributed by atoms with Crippen LogP contribution in [0.15, 0.2) is 0 Å². The maximum atomic E-state index is 5.90. The molecule has 0 aromatic rings. The SMILES string of the molecule is CCNC1CCCCCCC1N1C[C@@H](C)O[C@@H](C)C1. The Labute approximate surface area is 119 Å². The van der Waals surface area contributed by atoms with E-state index in [1.54, 1.807) is 0 Å². The Balaban J connectivity index is 2.02. The van der Waals surface area contributed by atoms with Crippen molar-refractivity contribution in [2.75, 3.05) is 19.6 Å². The maximum absolute atomic E-state index is 5.90. The van der Waals surface area contributed by atoms with Gasteiger partial charge in [-0.2, -0.15) is 0 Å². The van der Waals surface area contributed by atoms with Gasteiger partial charge in [-0.3, -0.25) is 4.90 Å². The van der Waals surface area contributed by atoms with Gasteiger partial charge in [0.1, 0.15) is 0 Å². The van der Waals surface area contributed by atoms with Gasteiger partial charge in [0.25, 0.3) is 0 Å². The predicted molar refractivity (Wildman–Crippen MR) is 80.5 cm³/mol. The summed E-state index contributed by atoms with van der Waals surface area (Å²) in [6.45, 7) is 9.98. The Kier molecular flexibility index (Phi) is 6.11. The molecule has 2 unspecified atom stereocenters. The first-order valence-corrected chi connectivity index (χ1v) is 8.33. The number of nitrogens with one attached hydrogen (secondary N) is 1. The van der Waals surface area contributed by atoms with Crippen LogP contribution in [0.5, 0.6) is 0 Å². The molecule has 112 valence electrons. The fraction of sp³-hybridized carbons (Fsp3) is 1.00. The zero-order valence-corrected chi connectivity index (χ0v) is 13.0. The second kappa shape index (κ2) is 7.61. The monoisotopic (exact) mass is 268 g/mol. The van der Waals surface area contributed by atoms with Crippen LogP contribution in [0.1, 0.15) is 59.3 Å². The molecule has 0 aromatic heterocycles. The van der Waals surface area contributed by atoms with Crippen molar-refractivity contribution >= 4 is 0 Å². The lowest BCUT2D eigenvalue weighted by Gasteiger charge is -2.44. The summed E-state index contributed by atoms with van der Waals surface area (Å²) in [4.78, 5) is 2.71. The number of morpholine rings is 1. The number of ether oxygens (including phenoxy) is 1. The second-order valence-corrected chi connectivity index (χ2v) is 6.43. The van der Waals surface area contributed by atoms with Crippen LogP contribution in [0.4, 0.5) is 0 Å². The molecule has 0 amide bonds. The fourth-order valence-corrected chi connectivity index (χ4v) is 3.89. The number of rotatable bonds is 3. The molecule has 2 fully saturated rings. The molecule has 0 aromatic carbocycles. The molecule has 1 saturated heterocycles. The van der Waals surface area contributed by atoms with Crippen LogP contribution in [0.2, 0.25) is 0 Å². The highest BCUT2D eigenvalue weighted by atomic mass is 16.5. The van der Waals surface area contributed by atoms with E-state index < -0.39 is 0 Å². The highest BCUT2D eigenvalue weighted by molar-refractivity contribution is 4.89. The molecule has 1 saturated carbocycles. The van der Waals surface area contributed by atoms with E-state index in [1.165, 1.54) is 38.5 Å². The zero-order valence-electron chi connectivity index (χ0n) is 13.0. The van der Waals surface area contributed by atoms with Crippen molar-refractivity contribution in [2.24, 2.45) is 0 Å². The van der Waals surface area contributed by atoms with Gasteiger partial charge in [-0.25, -0.2) is 0 Å². The van der Waals surface area contributed by atoms with E-state index in [1.807, 2.05) is 0 Å². The van der Waals surface area contributed by atoms with E-state index in [0.717, 1.165) is 19.6 Å². The van der Waals surface area contributed by atoms with E-state index in [4.69, 9.17) is 4.74 Å². The Bertz CT molecular complexity index is 249. The molecular formula is C16H32N2O. The average molecular weight is 268 g/mol. The molecule has 19 heavy (non-hydrogen) atoms. The minimum atomic E-state index is 0.386. The number of likely N-dealkylation sites (N-methyl/N-ethyl adjacent to an activating group) is 1. The molecule has 0 bridgehead atoms.